The first-order valence-electron chi connectivity index (χ1n) is 7.56. The number of carboxylic acid groups (broad SMARTS) is 1. The van der Waals surface area contributed by atoms with Gasteiger partial charge in [0, 0.05) is 12.8 Å². The predicted octanol–water partition coefficient (Wildman–Crippen LogP) is 3.48. The molecule has 0 saturated carbocycles. The van der Waals surface area contributed by atoms with Crippen molar-refractivity contribution in [1.29, 1.82) is 0 Å². The molecule has 0 bridgehead atoms. The summed E-state index contributed by atoms with van der Waals surface area (Å²) in [6, 6.07) is 0. The number of carboxylic acids is 1. The molecule has 0 spiro atoms. The van der Waals surface area contributed by atoms with Gasteiger partial charge in [0.2, 0.25) is 5.91 Å². The molecule has 0 saturated heterocycles. The van der Waals surface area contributed by atoms with Gasteiger partial charge in [0.1, 0.15) is 0 Å². The molecule has 0 aromatic carbocycles. The highest BCUT2D eigenvalue weighted by molar-refractivity contribution is 5.73. The summed E-state index contributed by atoms with van der Waals surface area (Å²) in [7, 11) is 0. The van der Waals surface area contributed by atoms with Crippen molar-refractivity contribution in [2.45, 2.75) is 77.6 Å². The van der Waals surface area contributed by atoms with E-state index < -0.39 is 5.97 Å². The number of aliphatic carboxylic acids is 1. The van der Waals surface area contributed by atoms with Crippen LogP contribution in [0.15, 0.2) is 0 Å². The van der Waals surface area contributed by atoms with Crippen LogP contribution in [0.2, 0.25) is 0 Å². The van der Waals surface area contributed by atoms with Gasteiger partial charge in [-0.2, -0.15) is 0 Å². The van der Waals surface area contributed by atoms with Crippen LogP contribution in [0.5, 0.6) is 0 Å². The zero-order chi connectivity index (χ0) is 14.5. The average molecular weight is 271 g/mol. The Labute approximate surface area is 116 Å². The van der Waals surface area contributed by atoms with Gasteiger partial charge in [-0.05, 0) is 18.8 Å². The quantitative estimate of drug-likeness (QED) is 0.503. The van der Waals surface area contributed by atoms with Gasteiger partial charge in [-0.15, -0.1) is 0 Å². The molecule has 112 valence electrons. The SMILES string of the molecule is CCCC(CCCCCC(=O)O)CCCCC(N)=O. The maximum Gasteiger partial charge on any atom is 0.303 e. The highest BCUT2D eigenvalue weighted by atomic mass is 16.4. The lowest BCUT2D eigenvalue weighted by molar-refractivity contribution is -0.137. The molecule has 1 amide bonds. The van der Waals surface area contributed by atoms with Gasteiger partial charge < -0.3 is 10.8 Å². The van der Waals surface area contributed by atoms with Crippen LogP contribution < -0.4 is 5.73 Å². The van der Waals surface area contributed by atoms with Gasteiger partial charge in [0.05, 0.1) is 0 Å². The topological polar surface area (TPSA) is 80.4 Å². The Morgan fingerprint density at radius 1 is 0.947 bits per heavy atom. The summed E-state index contributed by atoms with van der Waals surface area (Å²) in [6.45, 7) is 2.20. The molecule has 0 aromatic rings. The molecule has 3 N–H and O–H groups in total. The molecular formula is C15H29NO3. The van der Waals surface area contributed by atoms with Crippen LogP contribution >= 0.6 is 0 Å². The Morgan fingerprint density at radius 3 is 2.05 bits per heavy atom. The normalized spacial score (nSPS) is 12.3. The van der Waals surface area contributed by atoms with Crippen molar-refractivity contribution >= 4 is 11.9 Å². The number of carbonyl (C=O) groups is 2. The van der Waals surface area contributed by atoms with Gasteiger partial charge in [-0.1, -0.05) is 51.9 Å². The van der Waals surface area contributed by atoms with Crippen molar-refractivity contribution in [3.05, 3.63) is 0 Å². The largest absolute Gasteiger partial charge is 0.481 e. The summed E-state index contributed by atoms with van der Waals surface area (Å²) in [6.07, 6.45) is 10.4. The predicted molar refractivity (Wildman–Crippen MR) is 76.8 cm³/mol. The Morgan fingerprint density at radius 2 is 1.53 bits per heavy atom. The highest BCUT2D eigenvalue weighted by Crippen LogP contribution is 2.22. The average Bonchev–Trinajstić information content (AvgIpc) is 2.33. The molecular weight excluding hydrogens is 242 g/mol. The molecule has 0 aliphatic heterocycles. The van der Waals surface area contributed by atoms with Crippen molar-refractivity contribution in [2.75, 3.05) is 0 Å². The van der Waals surface area contributed by atoms with E-state index >= 15 is 0 Å². The maximum absolute atomic E-state index is 10.6. The van der Waals surface area contributed by atoms with Crippen LogP contribution in [0.4, 0.5) is 0 Å². The first-order chi connectivity index (χ1) is 9.06. The number of nitrogens with two attached hydrogens (primary N) is 1. The van der Waals surface area contributed by atoms with Gasteiger partial charge in [-0.25, -0.2) is 0 Å². The molecule has 0 aliphatic carbocycles. The van der Waals surface area contributed by atoms with Gasteiger partial charge in [-0.3, -0.25) is 9.59 Å². The van der Waals surface area contributed by atoms with E-state index in [4.69, 9.17) is 10.8 Å². The molecule has 0 rings (SSSR count). The number of amides is 1. The second-order valence-corrected chi connectivity index (χ2v) is 5.36. The lowest BCUT2D eigenvalue weighted by Crippen LogP contribution is -2.10. The molecule has 4 nitrogen and oxygen atoms in total. The van der Waals surface area contributed by atoms with Crippen LogP contribution in [-0.4, -0.2) is 17.0 Å². The van der Waals surface area contributed by atoms with E-state index in [9.17, 15) is 9.59 Å². The first kappa shape index (κ1) is 17.9. The molecule has 0 radical (unpaired) electrons. The molecule has 19 heavy (non-hydrogen) atoms. The molecule has 0 fully saturated rings. The van der Waals surface area contributed by atoms with E-state index in [1.807, 2.05) is 0 Å². The Hall–Kier alpha value is -1.06. The minimum absolute atomic E-state index is 0.208. The third-order valence-corrected chi connectivity index (χ3v) is 3.49. The summed E-state index contributed by atoms with van der Waals surface area (Å²) < 4.78 is 0. The number of hydrogen-bond acceptors (Lipinski definition) is 2. The van der Waals surface area contributed by atoms with Gasteiger partial charge in [0.25, 0.3) is 0 Å². The maximum atomic E-state index is 10.6. The first-order valence-corrected chi connectivity index (χ1v) is 7.56. The molecule has 0 aromatic heterocycles. The van der Waals surface area contributed by atoms with E-state index in [1.165, 1.54) is 25.7 Å². The van der Waals surface area contributed by atoms with Crippen LogP contribution in [0.3, 0.4) is 0 Å². The third kappa shape index (κ3) is 13.2. The lowest BCUT2D eigenvalue weighted by atomic mass is 9.91. The van der Waals surface area contributed by atoms with Crippen LogP contribution in [0.1, 0.15) is 77.6 Å². The second kappa shape index (κ2) is 12.0. The number of rotatable bonds is 13. The standard InChI is InChI=1S/C15H29NO3/c1-2-8-13(10-6-7-11-14(16)17)9-4-3-5-12-15(18)19/h13H,2-12H2,1H3,(H2,16,17)(H,18,19). The number of primary amides is 1. The van der Waals surface area contributed by atoms with Gasteiger partial charge >= 0.3 is 5.97 Å². The van der Waals surface area contributed by atoms with E-state index in [-0.39, 0.29) is 12.3 Å². The fourth-order valence-electron chi connectivity index (χ4n) is 2.46. The summed E-state index contributed by atoms with van der Waals surface area (Å²) in [4.78, 5) is 21.0. The smallest absolute Gasteiger partial charge is 0.303 e. The van der Waals surface area contributed by atoms with E-state index in [1.54, 1.807) is 0 Å². The van der Waals surface area contributed by atoms with E-state index in [2.05, 4.69) is 6.92 Å². The molecule has 0 aliphatic rings. The summed E-state index contributed by atoms with van der Waals surface area (Å²) in [5, 5.41) is 8.56. The number of unbranched alkanes of at least 4 members (excludes halogenated alkanes) is 3. The third-order valence-electron chi connectivity index (χ3n) is 3.49. The summed E-state index contributed by atoms with van der Waals surface area (Å²) >= 11 is 0. The van der Waals surface area contributed by atoms with Crippen LogP contribution in [0, 0.1) is 5.92 Å². The minimum Gasteiger partial charge on any atom is -0.481 e. The van der Waals surface area contributed by atoms with Crippen LogP contribution in [0.25, 0.3) is 0 Å². The van der Waals surface area contributed by atoms with Gasteiger partial charge in [0.15, 0.2) is 0 Å². The van der Waals surface area contributed by atoms with Crippen molar-refractivity contribution < 1.29 is 14.7 Å². The van der Waals surface area contributed by atoms with Crippen LogP contribution in [-0.2, 0) is 9.59 Å². The number of carbonyl (C=O) groups excluding carboxylic acids is 1. The molecule has 1 atom stereocenters. The monoisotopic (exact) mass is 271 g/mol. The van der Waals surface area contributed by atoms with E-state index in [0.29, 0.717) is 6.42 Å². The molecule has 1 unspecified atom stereocenters. The minimum atomic E-state index is -0.698. The zero-order valence-electron chi connectivity index (χ0n) is 12.2. The van der Waals surface area contributed by atoms with E-state index in [0.717, 1.165) is 38.0 Å². The fraction of sp³-hybridized carbons (Fsp3) is 0.867. The van der Waals surface area contributed by atoms with Crippen molar-refractivity contribution in [1.82, 2.24) is 0 Å². The van der Waals surface area contributed by atoms with Crippen molar-refractivity contribution in [3.8, 4) is 0 Å². The zero-order valence-corrected chi connectivity index (χ0v) is 12.2. The van der Waals surface area contributed by atoms with Crippen molar-refractivity contribution in [2.24, 2.45) is 11.7 Å². The Bertz CT molecular complexity index is 254. The lowest BCUT2D eigenvalue weighted by Gasteiger charge is -2.15. The molecule has 0 heterocycles. The number of hydrogen-bond donors (Lipinski definition) is 2. The summed E-state index contributed by atoms with van der Waals surface area (Å²) in [5.74, 6) is -0.181. The Balaban J connectivity index is 3.61. The Kier molecular flexibility index (Phi) is 11.3. The molecule has 4 heteroatoms. The highest BCUT2D eigenvalue weighted by Gasteiger charge is 2.08. The van der Waals surface area contributed by atoms with Crippen molar-refractivity contribution in [3.63, 3.8) is 0 Å². The fourth-order valence-corrected chi connectivity index (χ4v) is 2.46. The second-order valence-electron chi connectivity index (χ2n) is 5.36. The summed E-state index contributed by atoms with van der Waals surface area (Å²) in [5.41, 5.74) is 5.12.